The van der Waals surface area contributed by atoms with E-state index in [4.69, 9.17) is 4.74 Å². The Morgan fingerprint density at radius 1 is 1.38 bits per heavy atom. The van der Waals surface area contributed by atoms with Crippen molar-refractivity contribution in [2.75, 3.05) is 13.2 Å². The Balaban J connectivity index is 1.52. The molecule has 1 aliphatic rings. The topological polar surface area (TPSA) is 114 Å². The number of H-pyrrole nitrogens is 1. The zero-order valence-electron chi connectivity index (χ0n) is 17.1. The van der Waals surface area contributed by atoms with Gasteiger partial charge in [0.15, 0.2) is 0 Å². The molecule has 3 N–H and O–H groups in total. The van der Waals surface area contributed by atoms with E-state index in [2.05, 4.69) is 25.6 Å². The highest BCUT2D eigenvalue weighted by atomic mass is 16.5. The number of carbonyl (C=O) groups is 2. The lowest BCUT2D eigenvalue weighted by Crippen LogP contribution is -2.50. The number of ether oxygens (including phenoxy) is 1. The molecule has 2 aromatic rings. The number of carbonyl (C=O) groups excluding carboxylic acids is 2. The van der Waals surface area contributed by atoms with Gasteiger partial charge in [0.25, 0.3) is 5.91 Å². The Kier molecular flexibility index (Phi) is 7.40. The fourth-order valence-corrected chi connectivity index (χ4v) is 3.64. The summed E-state index contributed by atoms with van der Waals surface area (Å²) in [5, 5.41) is 6.06. The lowest BCUT2D eigenvalue weighted by molar-refractivity contribution is -0.128. The number of nitrogens with zero attached hydrogens (tertiary/aromatic N) is 3. The van der Waals surface area contributed by atoms with Crippen LogP contribution in [0.25, 0.3) is 0 Å². The molecule has 1 fully saturated rings. The molecule has 2 heterocycles. The zero-order valence-corrected chi connectivity index (χ0v) is 17.1. The third-order valence-electron chi connectivity index (χ3n) is 5.20. The SMILES string of the molecule is CCCO[C@H]1C[C@@H](C(=O)NCCc2cnc[nH]2)CC[C@@H]1NC(=O)c1cn(C)cn1. The normalized spacial score (nSPS) is 21.7. The summed E-state index contributed by atoms with van der Waals surface area (Å²) < 4.78 is 7.74. The highest BCUT2D eigenvalue weighted by molar-refractivity contribution is 5.92. The van der Waals surface area contributed by atoms with E-state index in [-0.39, 0.29) is 29.9 Å². The van der Waals surface area contributed by atoms with Gasteiger partial charge in [0.1, 0.15) is 5.69 Å². The number of amides is 2. The van der Waals surface area contributed by atoms with E-state index in [1.165, 1.54) is 0 Å². The van der Waals surface area contributed by atoms with E-state index >= 15 is 0 Å². The summed E-state index contributed by atoms with van der Waals surface area (Å²) in [6.07, 6.45) is 10.1. The van der Waals surface area contributed by atoms with Gasteiger partial charge < -0.3 is 24.9 Å². The number of nitrogens with one attached hydrogen (secondary N) is 3. The van der Waals surface area contributed by atoms with E-state index in [0.717, 1.165) is 25.0 Å². The molecule has 0 saturated heterocycles. The second kappa shape index (κ2) is 10.2. The van der Waals surface area contributed by atoms with Crippen LogP contribution in [0, 0.1) is 5.92 Å². The number of aryl methyl sites for hydroxylation is 1. The van der Waals surface area contributed by atoms with Crippen LogP contribution in [0.15, 0.2) is 25.0 Å². The summed E-state index contributed by atoms with van der Waals surface area (Å²) in [5.41, 5.74) is 1.39. The Hall–Kier alpha value is -2.68. The highest BCUT2D eigenvalue weighted by Crippen LogP contribution is 2.27. The first kappa shape index (κ1) is 21.0. The number of aromatic amines is 1. The quantitative estimate of drug-likeness (QED) is 0.583. The number of imidazole rings is 2. The van der Waals surface area contributed by atoms with Crippen LogP contribution in [-0.4, -0.2) is 56.6 Å². The second-order valence-corrected chi connectivity index (χ2v) is 7.54. The predicted molar refractivity (Wildman–Crippen MR) is 107 cm³/mol. The van der Waals surface area contributed by atoms with Crippen LogP contribution in [-0.2, 0) is 23.0 Å². The molecule has 3 atom stereocenters. The Bertz CT molecular complexity index is 788. The lowest BCUT2D eigenvalue weighted by atomic mass is 9.83. The summed E-state index contributed by atoms with van der Waals surface area (Å²) >= 11 is 0. The van der Waals surface area contributed by atoms with Crippen LogP contribution >= 0.6 is 0 Å². The smallest absolute Gasteiger partial charge is 0.271 e. The molecule has 1 saturated carbocycles. The average Bonchev–Trinajstić information content (AvgIpc) is 3.38. The molecule has 158 valence electrons. The Labute approximate surface area is 170 Å². The monoisotopic (exact) mass is 402 g/mol. The zero-order chi connectivity index (χ0) is 20.6. The first-order chi connectivity index (χ1) is 14.1. The van der Waals surface area contributed by atoms with Crippen LogP contribution < -0.4 is 10.6 Å². The van der Waals surface area contributed by atoms with Crippen molar-refractivity contribution in [2.45, 2.75) is 51.2 Å². The largest absolute Gasteiger partial charge is 0.376 e. The number of rotatable bonds is 9. The van der Waals surface area contributed by atoms with Gasteiger partial charge in [0.2, 0.25) is 5.91 Å². The molecule has 0 aliphatic heterocycles. The van der Waals surface area contributed by atoms with Gasteiger partial charge in [-0.3, -0.25) is 9.59 Å². The first-order valence-electron chi connectivity index (χ1n) is 10.2. The number of hydrogen-bond donors (Lipinski definition) is 3. The third kappa shape index (κ3) is 5.90. The van der Waals surface area contributed by atoms with Gasteiger partial charge in [-0.25, -0.2) is 9.97 Å². The maximum atomic E-state index is 12.6. The van der Waals surface area contributed by atoms with Gasteiger partial charge in [-0.05, 0) is 25.7 Å². The molecule has 0 bridgehead atoms. The molecule has 2 aromatic heterocycles. The average molecular weight is 402 g/mol. The molecule has 0 aromatic carbocycles. The minimum Gasteiger partial charge on any atom is -0.376 e. The van der Waals surface area contributed by atoms with Crippen LogP contribution in [0.3, 0.4) is 0 Å². The third-order valence-corrected chi connectivity index (χ3v) is 5.20. The van der Waals surface area contributed by atoms with Crippen LogP contribution in [0.4, 0.5) is 0 Å². The number of aromatic nitrogens is 4. The van der Waals surface area contributed by atoms with E-state index in [1.54, 1.807) is 29.6 Å². The van der Waals surface area contributed by atoms with E-state index in [9.17, 15) is 9.59 Å². The predicted octanol–water partition coefficient (Wildman–Crippen LogP) is 1.20. The van der Waals surface area contributed by atoms with E-state index in [1.807, 2.05) is 14.0 Å². The number of hydrogen-bond acceptors (Lipinski definition) is 5. The molecular weight excluding hydrogens is 372 g/mol. The van der Waals surface area contributed by atoms with Crippen molar-refractivity contribution < 1.29 is 14.3 Å². The van der Waals surface area contributed by atoms with Gasteiger partial charge in [-0.2, -0.15) is 0 Å². The summed E-state index contributed by atoms with van der Waals surface area (Å²) in [7, 11) is 1.83. The molecule has 29 heavy (non-hydrogen) atoms. The van der Waals surface area contributed by atoms with Crippen molar-refractivity contribution in [1.29, 1.82) is 0 Å². The molecule has 0 radical (unpaired) electrons. The maximum Gasteiger partial charge on any atom is 0.271 e. The van der Waals surface area contributed by atoms with Gasteiger partial charge in [-0.1, -0.05) is 6.92 Å². The summed E-state index contributed by atoms with van der Waals surface area (Å²) in [4.78, 5) is 36.2. The van der Waals surface area contributed by atoms with Gasteiger partial charge in [0, 0.05) is 50.6 Å². The van der Waals surface area contributed by atoms with Crippen LogP contribution in [0.2, 0.25) is 0 Å². The second-order valence-electron chi connectivity index (χ2n) is 7.54. The van der Waals surface area contributed by atoms with Crippen molar-refractivity contribution >= 4 is 11.8 Å². The van der Waals surface area contributed by atoms with E-state index < -0.39 is 0 Å². The molecule has 0 spiro atoms. The highest BCUT2D eigenvalue weighted by Gasteiger charge is 2.35. The molecule has 9 heteroatoms. The van der Waals surface area contributed by atoms with Crippen LogP contribution in [0.5, 0.6) is 0 Å². The molecule has 3 rings (SSSR count). The Morgan fingerprint density at radius 2 is 2.24 bits per heavy atom. The lowest BCUT2D eigenvalue weighted by Gasteiger charge is -2.35. The van der Waals surface area contributed by atoms with Crippen molar-refractivity contribution in [3.05, 3.63) is 36.4 Å². The maximum absolute atomic E-state index is 12.6. The van der Waals surface area contributed by atoms with Crippen LogP contribution in [0.1, 0.15) is 48.8 Å². The molecule has 1 aliphatic carbocycles. The molecular formula is C20H30N6O3. The fourth-order valence-electron chi connectivity index (χ4n) is 3.64. The summed E-state index contributed by atoms with van der Waals surface area (Å²) in [6, 6.07) is -0.120. The minimum atomic E-state index is -0.205. The van der Waals surface area contributed by atoms with Crippen molar-refractivity contribution in [3.8, 4) is 0 Å². The molecule has 2 amide bonds. The summed E-state index contributed by atoms with van der Waals surface area (Å²) in [6.45, 7) is 3.22. The molecule has 0 unspecified atom stereocenters. The fraction of sp³-hybridized carbons (Fsp3) is 0.600. The standard InChI is InChI=1S/C20H30N6O3/c1-3-8-29-18-9-14(19(27)22-7-6-15-10-21-12-23-15)4-5-16(18)25-20(28)17-11-26(2)13-24-17/h10-14,16,18H,3-9H2,1-2H3,(H,21,23)(H,22,27)(H,25,28)/t14-,16-,18-/m0/s1. The van der Waals surface area contributed by atoms with Gasteiger partial charge >= 0.3 is 0 Å². The van der Waals surface area contributed by atoms with E-state index in [0.29, 0.717) is 31.7 Å². The van der Waals surface area contributed by atoms with Gasteiger partial charge in [-0.15, -0.1) is 0 Å². The van der Waals surface area contributed by atoms with Crippen molar-refractivity contribution in [2.24, 2.45) is 13.0 Å². The minimum absolute atomic E-state index is 0.0455. The van der Waals surface area contributed by atoms with Gasteiger partial charge in [0.05, 0.1) is 24.8 Å². The summed E-state index contributed by atoms with van der Waals surface area (Å²) in [5.74, 6) is -0.270. The molecule has 9 nitrogen and oxygen atoms in total. The van der Waals surface area contributed by atoms with Crippen molar-refractivity contribution in [1.82, 2.24) is 30.2 Å². The first-order valence-corrected chi connectivity index (χ1v) is 10.2. The Morgan fingerprint density at radius 3 is 2.93 bits per heavy atom. The van der Waals surface area contributed by atoms with Crippen molar-refractivity contribution in [3.63, 3.8) is 0 Å².